The van der Waals surface area contributed by atoms with Crippen LogP contribution in [0.25, 0.3) is 0 Å². The van der Waals surface area contributed by atoms with Gasteiger partial charge in [-0.3, -0.25) is 4.79 Å². The minimum absolute atomic E-state index is 0.0539. The molecule has 0 aromatic carbocycles. The van der Waals surface area contributed by atoms with E-state index in [-0.39, 0.29) is 5.91 Å². The predicted molar refractivity (Wildman–Crippen MR) is 59.1 cm³/mol. The second kappa shape index (κ2) is 6.21. The van der Waals surface area contributed by atoms with Crippen molar-refractivity contribution in [3.05, 3.63) is 29.6 Å². The molecule has 0 aliphatic rings. The van der Waals surface area contributed by atoms with Gasteiger partial charge in [0.25, 0.3) is 0 Å². The molecule has 16 heavy (non-hydrogen) atoms. The zero-order valence-corrected chi connectivity index (χ0v) is 8.95. The third kappa shape index (κ3) is 4.26. The van der Waals surface area contributed by atoms with Gasteiger partial charge in [0.1, 0.15) is 11.8 Å². The molecule has 0 bridgehead atoms. The first-order chi connectivity index (χ1) is 7.72. The van der Waals surface area contributed by atoms with E-state index >= 15 is 0 Å². The molecule has 0 atom stereocenters. The molecule has 4 nitrogen and oxygen atoms in total. The highest BCUT2D eigenvalue weighted by Gasteiger charge is 1.90. The van der Waals surface area contributed by atoms with Gasteiger partial charge in [-0.05, 0) is 12.1 Å². The Hall–Kier alpha value is -2.33. The first-order valence-corrected chi connectivity index (χ1v) is 4.82. The molecule has 0 saturated carbocycles. The van der Waals surface area contributed by atoms with Gasteiger partial charge in [0.2, 0.25) is 5.91 Å². The van der Waals surface area contributed by atoms with Crippen molar-refractivity contribution in [2.24, 2.45) is 0 Å². The van der Waals surface area contributed by atoms with Gasteiger partial charge in [-0.25, -0.2) is 4.98 Å². The molecule has 1 aromatic rings. The van der Waals surface area contributed by atoms with E-state index in [1.54, 1.807) is 18.3 Å². The van der Waals surface area contributed by atoms with E-state index < -0.39 is 0 Å². The lowest BCUT2D eigenvalue weighted by molar-refractivity contribution is -0.118. The van der Waals surface area contributed by atoms with Gasteiger partial charge >= 0.3 is 0 Å². The van der Waals surface area contributed by atoms with Crippen LogP contribution in [0, 0.1) is 23.2 Å². The number of nitrogens with one attached hydrogen (secondary N) is 1. The molecule has 4 heteroatoms. The van der Waals surface area contributed by atoms with Gasteiger partial charge in [0.15, 0.2) is 0 Å². The molecule has 0 aliphatic heterocycles. The number of aromatic nitrogens is 1. The number of amides is 1. The molecule has 0 unspecified atom stereocenters. The molecule has 0 fully saturated rings. The first kappa shape index (κ1) is 11.7. The Balaban J connectivity index is 2.44. The van der Waals surface area contributed by atoms with E-state index in [9.17, 15) is 4.79 Å². The Labute approximate surface area is 94.3 Å². The summed E-state index contributed by atoms with van der Waals surface area (Å²) < 4.78 is 0. The second-order valence-electron chi connectivity index (χ2n) is 3.08. The number of carbonyl (C=O) groups excluding carboxylic acids is 1. The summed E-state index contributed by atoms with van der Waals surface area (Å²) in [5.41, 5.74) is 1.14. The summed E-state index contributed by atoms with van der Waals surface area (Å²) in [7, 11) is 0. The van der Waals surface area contributed by atoms with Crippen LogP contribution in [-0.4, -0.2) is 17.4 Å². The van der Waals surface area contributed by atoms with Crippen LogP contribution in [0.4, 0.5) is 0 Å². The average molecular weight is 213 g/mol. The topological polar surface area (TPSA) is 65.8 Å². The van der Waals surface area contributed by atoms with Crippen molar-refractivity contribution in [1.29, 1.82) is 5.26 Å². The smallest absolute Gasteiger partial charge is 0.216 e. The maximum Gasteiger partial charge on any atom is 0.216 e. The molecular formula is C12H11N3O. The lowest BCUT2D eigenvalue weighted by Gasteiger charge is -1.94. The Kier molecular flexibility index (Phi) is 4.56. The quantitative estimate of drug-likeness (QED) is 0.584. The molecule has 0 spiro atoms. The molecule has 1 amide bonds. The second-order valence-corrected chi connectivity index (χ2v) is 3.08. The summed E-state index contributed by atoms with van der Waals surface area (Å²) in [4.78, 5) is 14.4. The van der Waals surface area contributed by atoms with Gasteiger partial charge in [-0.1, -0.05) is 11.8 Å². The molecule has 1 heterocycles. The third-order valence-electron chi connectivity index (χ3n) is 1.73. The van der Waals surface area contributed by atoms with Crippen LogP contribution in [-0.2, 0) is 4.79 Å². The number of rotatable bonds is 2. The largest absolute Gasteiger partial charge is 0.355 e. The van der Waals surface area contributed by atoms with Crippen molar-refractivity contribution in [3.63, 3.8) is 0 Å². The zero-order valence-electron chi connectivity index (χ0n) is 8.95. The van der Waals surface area contributed by atoms with Crippen molar-refractivity contribution < 1.29 is 4.79 Å². The minimum Gasteiger partial charge on any atom is -0.355 e. The van der Waals surface area contributed by atoms with Gasteiger partial charge < -0.3 is 5.32 Å². The lowest BCUT2D eigenvalue weighted by Crippen LogP contribution is -2.20. The molecule has 1 N–H and O–H groups in total. The van der Waals surface area contributed by atoms with Crippen LogP contribution >= 0.6 is 0 Å². The predicted octanol–water partition coefficient (Wildman–Crippen LogP) is 0.831. The molecular weight excluding hydrogens is 202 g/mol. The minimum atomic E-state index is -0.0539. The maximum absolute atomic E-state index is 10.5. The summed E-state index contributed by atoms with van der Waals surface area (Å²) in [6.45, 7) is 2.02. The van der Waals surface area contributed by atoms with Crippen LogP contribution in [0.5, 0.6) is 0 Å². The summed E-state index contributed by atoms with van der Waals surface area (Å²) in [5.74, 6) is 5.75. The molecule has 1 rings (SSSR count). The normalized spacial score (nSPS) is 8.50. The fraction of sp³-hybridized carbons (Fsp3) is 0.250. The van der Waals surface area contributed by atoms with Crippen molar-refractivity contribution in [2.75, 3.05) is 6.54 Å². The van der Waals surface area contributed by atoms with E-state index in [0.29, 0.717) is 18.7 Å². The summed E-state index contributed by atoms with van der Waals surface area (Å²) in [5, 5.41) is 11.2. The van der Waals surface area contributed by atoms with E-state index in [1.807, 2.05) is 6.07 Å². The van der Waals surface area contributed by atoms with Crippen LogP contribution in [0.1, 0.15) is 24.6 Å². The van der Waals surface area contributed by atoms with Crippen molar-refractivity contribution in [3.8, 4) is 17.9 Å². The highest BCUT2D eigenvalue weighted by atomic mass is 16.1. The Morgan fingerprint density at radius 1 is 1.56 bits per heavy atom. The van der Waals surface area contributed by atoms with E-state index in [4.69, 9.17) is 5.26 Å². The lowest BCUT2D eigenvalue weighted by atomic mass is 10.2. The molecule has 0 saturated heterocycles. The standard InChI is InChI=1S/C12H11N3O/c1-10(16)14-7-3-2-4-11-5-6-12(8-13)15-9-11/h5-6,9H,3,7H2,1H3,(H,14,16). The summed E-state index contributed by atoms with van der Waals surface area (Å²) in [6.07, 6.45) is 2.16. The number of hydrogen-bond acceptors (Lipinski definition) is 3. The van der Waals surface area contributed by atoms with Gasteiger partial charge in [-0.2, -0.15) is 5.26 Å². The van der Waals surface area contributed by atoms with E-state index in [0.717, 1.165) is 5.56 Å². The fourth-order valence-corrected chi connectivity index (χ4v) is 1.000. The Bertz CT molecular complexity index is 460. The number of nitrogens with zero attached hydrogens (tertiary/aromatic N) is 2. The monoisotopic (exact) mass is 213 g/mol. The number of hydrogen-bond donors (Lipinski definition) is 1. The van der Waals surface area contributed by atoms with E-state index in [2.05, 4.69) is 22.1 Å². The maximum atomic E-state index is 10.5. The van der Waals surface area contributed by atoms with Crippen LogP contribution in [0.3, 0.4) is 0 Å². The Morgan fingerprint density at radius 3 is 2.94 bits per heavy atom. The van der Waals surface area contributed by atoms with Gasteiger partial charge in [-0.15, -0.1) is 0 Å². The van der Waals surface area contributed by atoms with Crippen molar-refractivity contribution in [1.82, 2.24) is 10.3 Å². The molecule has 80 valence electrons. The number of nitriles is 1. The number of pyridine rings is 1. The highest BCUT2D eigenvalue weighted by molar-refractivity contribution is 5.72. The zero-order chi connectivity index (χ0) is 11.8. The van der Waals surface area contributed by atoms with Gasteiger partial charge in [0.05, 0.1) is 0 Å². The molecule has 0 aliphatic carbocycles. The van der Waals surface area contributed by atoms with Crippen molar-refractivity contribution in [2.45, 2.75) is 13.3 Å². The third-order valence-corrected chi connectivity index (χ3v) is 1.73. The number of carbonyl (C=O) groups is 1. The summed E-state index contributed by atoms with van der Waals surface area (Å²) in [6, 6.07) is 5.31. The fourth-order valence-electron chi connectivity index (χ4n) is 1.000. The van der Waals surface area contributed by atoms with Crippen LogP contribution in [0.2, 0.25) is 0 Å². The first-order valence-electron chi connectivity index (χ1n) is 4.82. The SMILES string of the molecule is CC(=O)NCCC#Cc1ccc(C#N)nc1. The molecule has 1 aromatic heterocycles. The van der Waals surface area contributed by atoms with Crippen LogP contribution in [0.15, 0.2) is 18.3 Å². The van der Waals surface area contributed by atoms with E-state index in [1.165, 1.54) is 6.92 Å². The molecule has 0 radical (unpaired) electrons. The van der Waals surface area contributed by atoms with Gasteiger partial charge in [0, 0.05) is 31.6 Å². The average Bonchev–Trinajstić information content (AvgIpc) is 2.29. The summed E-state index contributed by atoms with van der Waals surface area (Å²) >= 11 is 0. The Morgan fingerprint density at radius 2 is 2.38 bits per heavy atom. The van der Waals surface area contributed by atoms with Crippen LogP contribution < -0.4 is 5.32 Å². The highest BCUT2D eigenvalue weighted by Crippen LogP contribution is 1.96. The van der Waals surface area contributed by atoms with Crippen molar-refractivity contribution >= 4 is 5.91 Å².